The highest BCUT2D eigenvalue weighted by atomic mass is 35.5. The lowest BCUT2D eigenvalue weighted by Gasteiger charge is -2.06. The molecule has 0 aliphatic rings. The van der Waals surface area contributed by atoms with Crippen LogP contribution < -0.4 is 10.1 Å². The lowest BCUT2D eigenvalue weighted by molar-refractivity contribution is 0.290. The van der Waals surface area contributed by atoms with Gasteiger partial charge in [-0.1, -0.05) is 28.4 Å². The number of halogens is 2. The van der Waals surface area contributed by atoms with E-state index in [1.807, 2.05) is 13.2 Å². The second-order valence-corrected chi connectivity index (χ2v) is 4.83. The summed E-state index contributed by atoms with van der Waals surface area (Å²) in [5.41, 5.74) is 0.897. The monoisotopic (exact) mass is 300 g/mol. The summed E-state index contributed by atoms with van der Waals surface area (Å²) in [6, 6.07) is 5.11. The second-order valence-electron chi connectivity index (χ2n) is 3.96. The first-order chi connectivity index (χ1) is 9.17. The number of nitrogens with one attached hydrogen (secondary N) is 1. The van der Waals surface area contributed by atoms with Crippen molar-refractivity contribution in [2.24, 2.45) is 0 Å². The zero-order chi connectivity index (χ0) is 13.7. The lowest BCUT2D eigenvalue weighted by atomic mass is 10.3. The minimum atomic E-state index is 0.471. The van der Waals surface area contributed by atoms with Gasteiger partial charge in [-0.3, -0.25) is 0 Å². The average molecular weight is 301 g/mol. The fourth-order valence-corrected chi connectivity index (χ4v) is 2.08. The normalized spacial score (nSPS) is 10.7. The molecule has 0 saturated heterocycles. The van der Waals surface area contributed by atoms with Gasteiger partial charge in [0, 0.05) is 22.8 Å². The molecule has 0 saturated carbocycles. The highest BCUT2D eigenvalue weighted by molar-refractivity contribution is 6.34. The number of hydrogen-bond donors (Lipinski definition) is 1. The van der Waals surface area contributed by atoms with Gasteiger partial charge in [0.05, 0.1) is 12.2 Å². The quantitative estimate of drug-likeness (QED) is 0.890. The molecule has 0 amide bonds. The Labute approximate surface area is 121 Å². The van der Waals surface area contributed by atoms with Gasteiger partial charge in [-0.15, -0.1) is 5.10 Å². The van der Waals surface area contributed by atoms with E-state index < -0.39 is 0 Å². The topological polar surface area (TPSA) is 52.0 Å². The minimum Gasteiger partial charge on any atom is -0.492 e. The summed E-state index contributed by atoms with van der Waals surface area (Å²) < 4.78 is 7.30. The van der Waals surface area contributed by atoms with Crippen LogP contribution >= 0.6 is 23.2 Å². The van der Waals surface area contributed by atoms with E-state index in [9.17, 15) is 0 Å². The van der Waals surface area contributed by atoms with Crippen LogP contribution in [0.4, 0.5) is 0 Å². The Balaban J connectivity index is 1.85. The molecule has 7 heteroatoms. The first-order valence-corrected chi connectivity index (χ1v) is 6.55. The van der Waals surface area contributed by atoms with Gasteiger partial charge >= 0.3 is 0 Å². The lowest BCUT2D eigenvalue weighted by Crippen LogP contribution is -2.09. The predicted octanol–water partition coefficient (Wildman–Crippen LogP) is 2.38. The Bertz CT molecular complexity index is 524. The fraction of sp³-hybridized carbons (Fsp3) is 0.333. The number of benzene rings is 1. The van der Waals surface area contributed by atoms with Gasteiger partial charge in [-0.25, -0.2) is 4.68 Å². The third-order valence-electron chi connectivity index (χ3n) is 2.37. The van der Waals surface area contributed by atoms with Crippen LogP contribution in [0.15, 0.2) is 24.4 Å². The fourth-order valence-electron chi connectivity index (χ4n) is 1.58. The first-order valence-electron chi connectivity index (χ1n) is 5.80. The molecule has 2 rings (SSSR count). The van der Waals surface area contributed by atoms with Crippen LogP contribution in [0.3, 0.4) is 0 Å². The van der Waals surface area contributed by atoms with Crippen molar-refractivity contribution in [3.05, 3.63) is 40.1 Å². The van der Waals surface area contributed by atoms with E-state index in [0.29, 0.717) is 35.5 Å². The van der Waals surface area contributed by atoms with Crippen molar-refractivity contribution in [2.75, 3.05) is 13.7 Å². The molecule has 0 aliphatic carbocycles. The predicted molar refractivity (Wildman–Crippen MR) is 74.7 cm³/mol. The SMILES string of the molecule is CNCc1cn(CCOc2cc(Cl)cc(Cl)c2)nn1. The zero-order valence-electron chi connectivity index (χ0n) is 10.4. The molecule has 2 aromatic rings. The zero-order valence-corrected chi connectivity index (χ0v) is 11.9. The number of aromatic nitrogens is 3. The molecule has 0 radical (unpaired) electrons. The van der Waals surface area contributed by atoms with Gasteiger partial charge in [-0.05, 0) is 25.2 Å². The summed E-state index contributed by atoms with van der Waals surface area (Å²) in [6.45, 7) is 1.78. The largest absolute Gasteiger partial charge is 0.492 e. The van der Waals surface area contributed by atoms with Gasteiger partial charge < -0.3 is 10.1 Å². The van der Waals surface area contributed by atoms with Crippen molar-refractivity contribution in [3.8, 4) is 5.75 Å². The van der Waals surface area contributed by atoms with Crippen molar-refractivity contribution >= 4 is 23.2 Å². The molecule has 5 nitrogen and oxygen atoms in total. The summed E-state index contributed by atoms with van der Waals surface area (Å²) in [5, 5.41) is 12.1. The molecule has 1 heterocycles. The average Bonchev–Trinajstić information content (AvgIpc) is 2.76. The molecule has 0 fully saturated rings. The van der Waals surface area contributed by atoms with Gasteiger partial charge in [-0.2, -0.15) is 0 Å². The third-order valence-corrected chi connectivity index (χ3v) is 2.81. The van der Waals surface area contributed by atoms with E-state index in [2.05, 4.69) is 15.6 Å². The molecule has 0 spiro atoms. The third kappa shape index (κ3) is 4.38. The summed E-state index contributed by atoms with van der Waals surface area (Å²) in [4.78, 5) is 0. The smallest absolute Gasteiger partial charge is 0.122 e. The molecule has 0 unspecified atom stereocenters. The van der Waals surface area contributed by atoms with Gasteiger partial charge in [0.2, 0.25) is 0 Å². The maximum atomic E-state index is 5.89. The Morgan fingerprint density at radius 2 is 2.00 bits per heavy atom. The molecule has 19 heavy (non-hydrogen) atoms. The number of hydrogen-bond acceptors (Lipinski definition) is 4. The summed E-state index contributed by atoms with van der Waals surface area (Å²) in [5.74, 6) is 0.646. The second kappa shape index (κ2) is 6.75. The molecule has 102 valence electrons. The van der Waals surface area contributed by atoms with Crippen molar-refractivity contribution in [2.45, 2.75) is 13.1 Å². The van der Waals surface area contributed by atoms with Crippen LogP contribution in [0.25, 0.3) is 0 Å². The number of rotatable bonds is 6. The van der Waals surface area contributed by atoms with Gasteiger partial charge in [0.25, 0.3) is 0 Å². The molecule has 1 N–H and O–H groups in total. The number of ether oxygens (including phenoxy) is 1. The summed E-state index contributed by atoms with van der Waals surface area (Å²) in [7, 11) is 1.87. The molecule has 1 aromatic heterocycles. The van der Waals surface area contributed by atoms with Crippen LogP contribution in [-0.4, -0.2) is 28.6 Å². The van der Waals surface area contributed by atoms with Crippen molar-refractivity contribution in [1.29, 1.82) is 0 Å². The van der Waals surface area contributed by atoms with E-state index in [1.165, 1.54) is 0 Å². The molecule has 0 aliphatic heterocycles. The van der Waals surface area contributed by atoms with Crippen LogP contribution in [0, 0.1) is 0 Å². The van der Waals surface area contributed by atoms with E-state index in [4.69, 9.17) is 27.9 Å². The molecule has 0 atom stereocenters. The van der Waals surface area contributed by atoms with Crippen molar-refractivity contribution in [3.63, 3.8) is 0 Å². The Morgan fingerprint density at radius 1 is 1.26 bits per heavy atom. The van der Waals surface area contributed by atoms with E-state index in [0.717, 1.165) is 5.69 Å². The number of nitrogens with zero attached hydrogens (tertiary/aromatic N) is 3. The minimum absolute atomic E-state index is 0.471. The van der Waals surface area contributed by atoms with Crippen LogP contribution in [0.1, 0.15) is 5.69 Å². The molecular formula is C12H14Cl2N4O. The Morgan fingerprint density at radius 3 is 2.68 bits per heavy atom. The van der Waals surface area contributed by atoms with Crippen molar-refractivity contribution < 1.29 is 4.74 Å². The Kier molecular flexibility index (Phi) is 5.01. The highest BCUT2D eigenvalue weighted by Crippen LogP contribution is 2.24. The van der Waals surface area contributed by atoms with Gasteiger partial charge in [0.15, 0.2) is 0 Å². The maximum absolute atomic E-state index is 5.89. The van der Waals surface area contributed by atoms with Crippen LogP contribution in [-0.2, 0) is 13.1 Å². The summed E-state index contributed by atoms with van der Waals surface area (Å²) in [6.07, 6.45) is 1.88. The van der Waals surface area contributed by atoms with E-state index in [1.54, 1.807) is 22.9 Å². The molecule has 1 aromatic carbocycles. The maximum Gasteiger partial charge on any atom is 0.122 e. The van der Waals surface area contributed by atoms with Gasteiger partial charge in [0.1, 0.15) is 12.4 Å². The van der Waals surface area contributed by atoms with E-state index >= 15 is 0 Å². The van der Waals surface area contributed by atoms with Crippen LogP contribution in [0.5, 0.6) is 5.75 Å². The molecule has 0 bridgehead atoms. The van der Waals surface area contributed by atoms with Crippen molar-refractivity contribution in [1.82, 2.24) is 20.3 Å². The standard InChI is InChI=1S/C12H14Cl2N4O/c1-15-7-11-8-18(17-16-11)2-3-19-12-5-9(13)4-10(14)6-12/h4-6,8,15H,2-3,7H2,1H3. The molecular weight excluding hydrogens is 287 g/mol. The van der Waals surface area contributed by atoms with E-state index in [-0.39, 0.29) is 0 Å². The summed E-state index contributed by atoms with van der Waals surface area (Å²) >= 11 is 11.8. The van der Waals surface area contributed by atoms with Crippen LogP contribution in [0.2, 0.25) is 10.0 Å². The Hall–Kier alpha value is -1.30. The first kappa shape index (κ1) is 14.1. The highest BCUT2D eigenvalue weighted by Gasteiger charge is 2.01.